The van der Waals surface area contributed by atoms with Crippen LogP contribution in [0.25, 0.3) is 10.6 Å². The van der Waals surface area contributed by atoms with Gasteiger partial charge < -0.3 is 20.6 Å². The van der Waals surface area contributed by atoms with Crippen LogP contribution in [0, 0.1) is 5.92 Å². The number of piperidine rings is 1. The number of nitrogens with one attached hydrogen (secondary N) is 2. The SMILES string of the molecule is CC(=O)Nc1cc(C(=O)N2CCC(C(=O)O)CC2)cc(-c2nnc(Nc3ccc4c(c3Cl)C=NC4)s2)c1. The van der Waals surface area contributed by atoms with Gasteiger partial charge in [0.25, 0.3) is 5.91 Å². The standard InChI is InChI=1S/C25H23ClN6O4S/c1-13(33)28-18-9-16(8-17(10-18)23(34)32-6-4-14(5-7-32)24(35)36)22-30-31-25(37-22)29-20-3-2-15-11-27-12-19(15)21(20)26/h2-3,8-10,12,14H,4-7,11H2,1H3,(H,28,33)(H,29,31)(H,35,36). The maximum atomic E-state index is 13.3. The third kappa shape index (κ3) is 5.32. The van der Waals surface area contributed by atoms with E-state index in [4.69, 9.17) is 11.6 Å². The first-order chi connectivity index (χ1) is 17.8. The lowest BCUT2D eigenvalue weighted by molar-refractivity contribution is -0.143. The molecule has 0 unspecified atom stereocenters. The van der Waals surface area contributed by atoms with Crippen molar-refractivity contribution in [1.82, 2.24) is 15.1 Å². The second-order valence-corrected chi connectivity index (χ2v) is 10.2. The lowest BCUT2D eigenvalue weighted by atomic mass is 9.96. The monoisotopic (exact) mass is 538 g/mol. The third-order valence-electron chi connectivity index (χ3n) is 6.30. The Morgan fingerprint density at radius 1 is 1.14 bits per heavy atom. The van der Waals surface area contributed by atoms with E-state index >= 15 is 0 Å². The Labute approximate surface area is 221 Å². The number of hydrogen-bond donors (Lipinski definition) is 3. The first-order valence-corrected chi connectivity index (χ1v) is 12.8. The highest BCUT2D eigenvalue weighted by Crippen LogP contribution is 2.35. The molecule has 0 bridgehead atoms. The Kier molecular flexibility index (Phi) is 6.90. The number of aromatic nitrogens is 2. The largest absolute Gasteiger partial charge is 0.481 e. The molecule has 37 heavy (non-hydrogen) atoms. The van der Waals surface area contributed by atoms with E-state index in [1.807, 2.05) is 12.1 Å². The summed E-state index contributed by atoms with van der Waals surface area (Å²) in [6.45, 7) is 2.72. The third-order valence-corrected chi connectivity index (χ3v) is 7.59. The van der Waals surface area contributed by atoms with Gasteiger partial charge in [-0.2, -0.15) is 0 Å². The van der Waals surface area contributed by atoms with Crippen molar-refractivity contribution < 1.29 is 19.5 Å². The highest BCUT2D eigenvalue weighted by molar-refractivity contribution is 7.18. The first-order valence-electron chi connectivity index (χ1n) is 11.7. The summed E-state index contributed by atoms with van der Waals surface area (Å²) in [7, 11) is 0. The van der Waals surface area contributed by atoms with Crippen LogP contribution in [-0.2, 0) is 16.1 Å². The molecule has 2 aliphatic rings. The van der Waals surface area contributed by atoms with Gasteiger partial charge in [0.15, 0.2) is 0 Å². The molecule has 2 aliphatic heterocycles. The van der Waals surface area contributed by atoms with Crippen molar-refractivity contribution in [3.63, 3.8) is 0 Å². The quantitative estimate of drug-likeness (QED) is 0.422. The van der Waals surface area contributed by atoms with Crippen molar-refractivity contribution in [1.29, 1.82) is 0 Å². The normalized spacial score (nSPS) is 14.9. The molecule has 1 aromatic heterocycles. The van der Waals surface area contributed by atoms with Crippen LogP contribution < -0.4 is 10.6 Å². The van der Waals surface area contributed by atoms with Gasteiger partial charge in [0.05, 0.1) is 23.2 Å². The van der Waals surface area contributed by atoms with Crippen molar-refractivity contribution in [3.05, 3.63) is 52.0 Å². The van der Waals surface area contributed by atoms with Crippen LogP contribution in [0.5, 0.6) is 0 Å². The molecule has 1 fully saturated rings. The van der Waals surface area contributed by atoms with Gasteiger partial charge in [-0.15, -0.1) is 10.2 Å². The summed E-state index contributed by atoms with van der Waals surface area (Å²) in [6.07, 6.45) is 2.56. The number of carboxylic acid groups (broad SMARTS) is 1. The summed E-state index contributed by atoms with van der Waals surface area (Å²) >= 11 is 7.82. The molecule has 2 aromatic carbocycles. The molecule has 5 rings (SSSR count). The molecule has 3 aromatic rings. The number of halogens is 1. The summed E-state index contributed by atoms with van der Waals surface area (Å²) in [6, 6.07) is 8.89. The maximum absolute atomic E-state index is 13.3. The lowest BCUT2D eigenvalue weighted by Gasteiger charge is -2.30. The summed E-state index contributed by atoms with van der Waals surface area (Å²) in [5, 5.41) is 25.3. The molecular weight excluding hydrogens is 516 g/mol. The highest BCUT2D eigenvalue weighted by atomic mass is 35.5. The molecule has 3 heterocycles. The van der Waals surface area contributed by atoms with E-state index in [1.54, 1.807) is 29.3 Å². The molecule has 0 aliphatic carbocycles. The molecule has 1 saturated heterocycles. The topological polar surface area (TPSA) is 137 Å². The van der Waals surface area contributed by atoms with Crippen LogP contribution in [0.1, 0.15) is 41.3 Å². The minimum Gasteiger partial charge on any atom is -0.481 e. The minimum atomic E-state index is -0.836. The number of carbonyl (C=O) groups excluding carboxylic acids is 2. The summed E-state index contributed by atoms with van der Waals surface area (Å²) in [5.74, 6) is -1.78. The zero-order chi connectivity index (χ0) is 26.1. The zero-order valence-electron chi connectivity index (χ0n) is 19.8. The lowest BCUT2D eigenvalue weighted by Crippen LogP contribution is -2.40. The highest BCUT2D eigenvalue weighted by Gasteiger charge is 2.28. The van der Waals surface area contributed by atoms with E-state index in [9.17, 15) is 19.5 Å². The number of rotatable bonds is 6. The number of nitrogens with zero attached hydrogens (tertiary/aromatic N) is 4. The Bertz CT molecular complexity index is 1430. The van der Waals surface area contributed by atoms with E-state index in [-0.39, 0.29) is 11.8 Å². The molecule has 0 spiro atoms. The number of carbonyl (C=O) groups is 3. The van der Waals surface area contributed by atoms with Crippen LogP contribution in [0.15, 0.2) is 35.3 Å². The number of hydrogen-bond acceptors (Lipinski definition) is 8. The number of likely N-dealkylation sites (tertiary alicyclic amines) is 1. The number of benzene rings is 2. The predicted octanol–water partition coefficient (Wildman–Crippen LogP) is 4.43. The van der Waals surface area contributed by atoms with Gasteiger partial charge in [-0.3, -0.25) is 19.4 Å². The van der Waals surface area contributed by atoms with Gasteiger partial charge in [0.1, 0.15) is 5.01 Å². The number of fused-ring (bicyclic) bond motifs is 1. The van der Waals surface area contributed by atoms with E-state index in [2.05, 4.69) is 25.8 Å². The second kappa shape index (κ2) is 10.3. The fraction of sp³-hybridized carbons (Fsp3) is 0.280. The van der Waals surface area contributed by atoms with Gasteiger partial charge in [-0.25, -0.2) is 0 Å². The average Bonchev–Trinajstić information content (AvgIpc) is 3.55. The van der Waals surface area contributed by atoms with E-state index in [1.165, 1.54) is 18.3 Å². The van der Waals surface area contributed by atoms with Crippen molar-refractivity contribution in [2.45, 2.75) is 26.3 Å². The molecule has 0 radical (unpaired) electrons. The number of carboxylic acids is 1. The molecule has 0 atom stereocenters. The zero-order valence-corrected chi connectivity index (χ0v) is 21.4. The molecule has 10 nitrogen and oxygen atoms in total. The Morgan fingerprint density at radius 2 is 1.92 bits per heavy atom. The molecule has 190 valence electrons. The van der Waals surface area contributed by atoms with E-state index in [0.717, 1.165) is 11.1 Å². The van der Waals surface area contributed by atoms with Crippen molar-refractivity contribution >= 4 is 63.4 Å². The van der Waals surface area contributed by atoms with Gasteiger partial charge in [0, 0.05) is 48.6 Å². The summed E-state index contributed by atoms with van der Waals surface area (Å²) < 4.78 is 0. The molecule has 2 amide bonds. The number of anilines is 3. The second-order valence-electron chi connectivity index (χ2n) is 8.89. The van der Waals surface area contributed by atoms with Crippen LogP contribution in [0.4, 0.5) is 16.5 Å². The van der Waals surface area contributed by atoms with E-state index < -0.39 is 11.9 Å². The molecular formula is C25H23ClN6O4S. The smallest absolute Gasteiger partial charge is 0.306 e. The molecule has 0 saturated carbocycles. The van der Waals surface area contributed by atoms with Crippen LogP contribution in [0.3, 0.4) is 0 Å². The molecule has 12 heteroatoms. The number of amides is 2. The van der Waals surface area contributed by atoms with Crippen molar-refractivity contribution in [2.24, 2.45) is 10.9 Å². The maximum Gasteiger partial charge on any atom is 0.306 e. The van der Waals surface area contributed by atoms with Gasteiger partial charge in [0.2, 0.25) is 11.0 Å². The average molecular weight is 539 g/mol. The first kappa shape index (κ1) is 24.8. The summed E-state index contributed by atoms with van der Waals surface area (Å²) in [5.41, 5.74) is 4.08. The van der Waals surface area contributed by atoms with Crippen LogP contribution in [0.2, 0.25) is 5.02 Å². The molecule has 3 N–H and O–H groups in total. The van der Waals surface area contributed by atoms with Gasteiger partial charge in [-0.05, 0) is 42.7 Å². The Hall–Kier alpha value is -3.83. The Balaban J connectivity index is 1.40. The van der Waals surface area contributed by atoms with Crippen LogP contribution >= 0.6 is 22.9 Å². The van der Waals surface area contributed by atoms with Crippen molar-refractivity contribution in [3.8, 4) is 10.6 Å². The van der Waals surface area contributed by atoms with Crippen molar-refractivity contribution in [2.75, 3.05) is 23.7 Å². The number of aliphatic carboxylic acids is 1. The van der Waals surface area contributed by atoms with Gasteiger partial charge in [-0.1, -0.05) is 29.0 Å². The van der Waals surface area contributed by atoms with E-state index in [0.29, 0.717) is 70.1 Å². The fourth-order valence-corrected chi connectivity index (χ4v) is 5.43. The van der Waals surface area contributed by atoms with Crippen LogP contribution in [-0.4, -0.2) is 57.3 Å². The van der Waals surface area contributed by atoms with Gasteiger partial charge >= 0.3 is 5.97 Å². The summed E-state index contributed by atoms with van der Waals surface area (Å²) in [4.78, 5) is 42.2. The minimum absolute atomic E-state index is 0.230. The number of aliphatic imine (C=N–C) groups is 1. The predicted molar refractivity (Wildman–Crippen MR) is 142 cm³/mol. The fourth-order valence-electron chi connectivity index (χ4n) is 4.41. The Morgan fingerprint density at radius 3 is 2.65 bits per heavy atom.